The Morgan fingerprint density at radius 1 is 0.952 bits per heavy atom. The van der Waals surface area contributed by atoms with Gasteiger partial charge in [-0.05, 0) is 31.0 Å². The van der Waals surface area contributed by atoms with Crippen LogP contribution in [0.1, 0.15) is 69.5 Å². The number of likely N-dealkylation sites (N-methyl/N-ethyl adjacent to an activating group) is 1. The topological polar surface area (TPSA) is 21.3 Å². The van der Waals surface area contributed by atoms with Gasteiger partial charge in [0.05, 0.1) is 12.6 Å². The molecule has 1 unspecified atom stereocenters. The second-order valence-corrected chi connectivity index (χ2v) is 5.82. The minimum Gasteiger partial charge on any atom is -0.379 e. The maximum Gasteiger partial charge on any atom is 0.0661 e. The van der Waals surface area contributed by atoms with Crippen molar-refractivity contribution in [2.45, 2.75) is 64.8 Å². The van der Waals surface area contributed by atoms with Crippen molar-refractivity contribution < 1.29 is 4.74 Å². The molecule has 2 heteroatoms. The van der Waals surface area contributed by atoms with E-state index in [1.807, 2.05) is 7.05 Å². The largest absolute Gasteiger partial charge is 0.379 e. The number of nitrogens with one attached hydrogen (secondary N) is 1. The van der Waals surface area contributed by atoms with Gasteiger partial charge in [-0.2, -0.15) is 0 Å². The lowest BCUT2D eigenvalue weighted by molar-refractivity contribution is 0.110. The van der Waals surface area contributed by atoms with Crippen molar-refractivity contribution in [2.75, 3.05) is 20.3 Å². The number of hydrogen-bond donors (Lipinski definition) is 1. The average molecular weight is 291 g/mol. The number of unbranched alkanes of at least 4 members (excludes halogenated alkanes) is 4. The molecule has 1 N–H and O–H groups in total. The summed E-state index contributed by atoms with van der Waals surface area (Å²) in [6, 6.07) is 9.26. The van der Waals surface area contributed by atoms with Crippen LogP contribution in [0.5, 0.6) is 0 Å². The highest BCUT2D eigenvalue weighted by Gasteiger charge is 2.09. The summed E-state index contributed by atoms with van der Waals surface area (Å²) >= 11 is 0. The van der Waals surface area contributed by atoms with Gasteiger partial charge in [-0.25, -0.2) is 0 Å². The summed E-state index contributed by atoms with van der Waals surface area (Å²) in [5.74, 6) is 0. The van der Waals surface area contributed by atoms with Crippen molar-refractivity contribution in [1.82, 2.24) is 5.32 Å². The molecule has 0 aliphatic carbocycles. The van der Waals surface area contributed by atoms with Crippen LogP contribution in [0.25, 0.3) is 0 Å². The van der Waals surface area contributed by atoms with Crippen molar-refractivity contribution in [3.8, 4) is 0 Å². The first kappa shape index (κ1) is 18.2. The van der Waals surface area contributed by atoms with Crippen LogP contribution in [0.15, 0.2) is 24.3 Å². The van der Waals surface area contributed by atoms with Gasteiger partial charge in [0.25, 0.3) is 0 Å². The Hall–Kier alpha value is -0.860. The average Bonchev–Trinajstić information content (AvgIpc) is 2.52. The smallest absolute Gasteiger partial charge is 0.0661 e. The predicted molar refractivity (Wildman–Crippen MR) is 91.8 cm³/mol. The number of ether oxygens (including phenoxy) is 1. The first-order chi connectivity index (χ1) is 10.3. The van der Waals surface area contributed by atoms with E-state index >= 15 is 0 Å². The van der Waals surface area contributed by atoms with E-state index in [-0.39, 0.29) is 0 Å². The normalized spacial score (nSPS) is 12.5. The number of benzene rings is 1. The van der Waals surface area contributed by atoms with Gasteiger partial charge in [-0.1, -0.05) is 70.2 Å². The molecule has 1 aromatic carbocycles. The Kier molecular flexibility index (Phi) is 10.2. The van der Waals surface area contributed by atoms with Gasteiger partial charge < -0.3 is 10.1 Å². The van der Waals surface area contributed by atoms with E-state index in [0.717, 1.165) is 13.2 Å². The van der Waals surface area contributed by atoms with Crippen LogP contribution in [0, 0.1) is 0 Å². The van der Waals surface area contributed by atoms with E-state index in [1.54, 1.807) is 0 Å². The highest BCUT2D eigenvalue weighted by Crippen LogP contribution is 2.15. The summed E-state index contributed by atoms with van der Waals surface area (Å²) < 4.78 is 5.84. The van der Waals surface area contributed by atoms with E-state index in [4.69, 9.17) is 4.74 Å². The van der Waals surface area contributed by atoms with Crippen molar-refractivity contribution in [1.29, 1.82) is 0 Å². The highest BCUT2D eigenvalue weighted by molar-refractivity contribution is 5.25. The lowest BCUT2D eigenvalue weighted by atomic mass is 10.0. The predicted octanol–water partition coefficient (Wildman–Crippen LogP) is 4.89. The molecular formula is C19H33NO. The molecule has 0 heterocycles. The second-order valence-electron chi connectivity index (χ2n) is 5.82. The summed E-state index contributed by atoms with van der Waals surface area (Å²) in [5.41, 5.74) is 2.75. The summed E-state index contributed by atoms with van der Waals surface area (Å²) in [6.07, 6.45) is 8.85. The van der Waals surface area contributed by atoms with Gasteiger partial charge in [-0.3, -0.25) is 0 Å². The molecule has 1 atom stereocenters. The van der Waals surface area contributed by atoms with Crippen LogP contribution in [-0.2, 0) is 11.2 Å². The third-order valence-corrected chi connectivity index (χ3v) is 3.95. The maximum absolute atomic E-state index is 5.84. The Balaban J connectivity index is 2.27. The summed E-state index contributed by atoms with van der Waals surface area (Å²) in [4.78, 5) is 0. The van der Waals surface area contributed by atoms with Crippen LogP contribution in [0.4, 0.5) is 0 Å². The molecule has 0 aromatic heterocycles. The summed E-state index contributed by atoms with van der Waals surface area (Å²) in [5, 5.41) is 3.36. The van der Waals surface area contributed by atoms with E-state index in [2.05, 4.69) is 43.4 Å². The standard InChI is InChI=1S/C19H33NO/c1-4-6-7-8-9-15-21-16-19(20-3)18-13-11-17(10-5-2)12-14-18/h11-14,19-20H,4-10,15-16H2,1-3H3. The Bertz CT molecular complexity index is 347. The SMILES string of the molecule is CCCCCCCOCC(NC)c1ccc(CCC)cc1. The quantitative estimate of drug-likeness (QED) is 0.554. The maximum atomic E-state index is 5.84. The first-order valence-corrected chi connectivity index (χ1v) is 8.65. The molecule has 0 aliphatic heterocycles. The zero-order chi connectivity index (χ0) is 15.3. The van der Waals surface area contributed by atoms with E-state index in [1.165, 1.54) is 56.1 Å². The molecule has 0 saturated carbocycles. The van der Waals surface area contributed by atoms with Crippen molar-refractivity contribution >= 4 is 0 Å². The molecule has 0 aliphatic rings. The molecule has 0 spiro atoms. The summed E-state index contributed by atoms with van der Waals surface area (Å²) in [6.45, 7) is 6.12. The van der Waals surface area contributed by atoms with Gasteiger partial charge >= 0.3 is 0 Å². The van der Waals surface area contributed by atoms with Crippen LogP contribution in [-0.4, -0.2) is 20.3 Å². The molecule has 2 nitrogen and oxygen atoms in total. The lowest BCUT2D eigenvalue weighted by Crippen LogP contribution is -2.22. The number of aryl methyl sites for hydroxylation is 1. The molecule has 0 fully saturated rings. The van der Waals surface area contributed by atoms with Crippen molar-refractivity contribution in [3.05, 3.63) is 35.4 Å². The first-order valence-electron chi connectivity index (χ1n) is 8.65. The van der Waals surface area contributed by atoms with Crippen molar-refractivity contribution in [2.24, 2.45) is 0 Å². The van der Waals surface area contributed by atoms with Gasteiger partial charge in [-0.15, -0.1) is 0 Å². The van der Waals surface area contributed by atoms with Crippen molar-refractivity contribution in [3.63, 3.8) is 0 Å². The Labute approximate surface area is 131 Å². The molecule has 0 bridgehead atoms. The minimum atomic E-state index is 0.302. The zero-order valence-electron chi connectivity index (χ0n) is 14.2. The Morgan fingerprint density at radius 2 is 1.67 bits per heavy atom. The molecule has 21 heavy (non-hydrogen) atoms. The zero-order valence-corrected chi connectivity index (χ0v) is 14.2. The number of rotatable bonds is 12. The molecule has 1 rings (SSSR count). The second kappa shape index (κ2) is 11.8. The van der Waals surface area contributed by atoms with E-state index in [0.29, 0.717) is 6.04 Å². The highest BCUT2D eigenvalue weighted by atomic mass is 16.5. The lowest BCUT2D eigenvalue weighted by Gasteiger charge is -2.17. The third kappa shape index (κ3) is 7.63. The molecule has 0 amide bonds. The molecule has 0 saturated heterocycles. The van der Waals surface area contributed by atoms with Crippen LogP contribution in [0.2, 0.25) is 0 Å². The molecule has 1 aromatic rings. The fourth-order valence-corrected chi connectivity index (χ4v) is 2.56. The van der Waals surface area contributed by atoms with Crippen LogP contribution < -0.4 is 5.32 Å². The van der Waals surface area contributed by atoms with Gasteiger partial charge in [0.15, 0.2) is 0 Å². The molecule has 120 valence electrons. The fourth-order valence-electron chi connectivity index (χ4n) is 2.56. The van der Waals surface area contributed by atoms with E-state index in [9.17, 15) is 0 Å². The number of hydrogen-bond acceptors (Lipinski definition) is 2. The molecule has 0 radical (unpaired) electrons. The molecular weight excluding hydrogens is 258 g/mol. The fraction of sp³-hybridized carbons (Fsp3) is 0.684. The monoisotopic (exact) mass is 291 g/mol. The van der Waals surface area contributed by atoms with Gasteiger partial charge in [0.2, 0.25) is 0 Å². The van der Waals surface area contributed by atoms with Gasteiger partial charge in [0, 0.05) is 6.61 Å². The van der Waals surface area contributed by atoms with Gasteiger partial charge in [0.1, 0.15) is 0 Å². The Morgan fingerprint density at radius 3 is 2.29 bits per heavy atom. The minimum absolute atomic E-state index is 0.302. The van der Waals surface area contributed by atoms with Crippen LogP contribution >= 0.6 is 0 Å². The summed E-state index contributed by atoms with van der Waals surface area (Å²) in [7, 11) is 2.01. The van der Waals surface area contributed by atoms with Crippen LogP contribution in [0.3, 0.4) is 0 Å². The van der Waals surface area contributed by atoms with E-state index < -0.39 is 0 Å². The third-order valence-electron chi connectivity index (χ3n) is 3.95.